The monoisotopic (exact) mass is 298 g/mol. The maximum atomic E-state index is 13.3. The summed E-state index contributed by atoms with van der Waals surface area (Å²) in [6, 6.07) is 3.06. The summed E-state index contributed by atoms with van der Waals surface area (Å²) in [5, 5.41) is 3.11. The molecule has 1 N–H and O–H groups in total. The van der Waals surface area contributed by atoms with Crippen LogP contribution in [0.2, 0.25) is 0 Å². The van der Waals surface area contributed by atoms with Crippen LogP contribution >= 0.6 is 0 Å². The van der Waals surface area contributed by atoms with Crippen LogP contribution in [0.4, 0.5) is 8.78 Å². The second-order valence-corrected chi connectivity index (χ2v) is 5.35. The third-order valence-electron chi connectivity index (χ3n) is 4.08. The molecule has 0 radical (unpaired) electrons. The lowest BCUT2D eigenvalue weighted by atomic mass is 10.1. The molecule has 3 atom stereocenters. The lowest BCUT2D eigenvalue weighted by Gasteiger charge is -2.28. The first-order valence-corrected chi connectivity index (χ1v) is 6.91. The summed E-state index contributed by atoms with van der Waals surface area (Å²) in [6.45, 7) is 2.42. The number of amides is 1. The Morgan fingerprint density at radius 1 is 1.43 bits per heavy atom. The van der Waals surface area contributed by atoms with Crippen LogP contribution < -0.4 is 5.32 Å². The fraction of sp³-hybridized carbons (Fsp3) is 0.533. The van der Waals surface area contributed by atoms with Crippen molar-refractivity contribution in [2.75, 3.05) is 20.7 Å². The minimum absolute atomic E-state index is 0.0333. The van der Waals surface area contributed by atoms with Gasteiger partial charge in [-0.25, -0.2) is 8.78 Å². The molecule has 1 saturated heterocycles. The third-order valence-corrected chi connectivity index (χ3v) is 4.08. The molecule has 1 aromatic rings. The molecular weight excluding hydrogens is 278 g/mol. The summed E-state index contributed by atoms with van der Waals surface area (Å²) in [6.07, 6.45) is 0.649. The van der Waals surface area contributed by atoms with Gasteiger partial charge in [0.1, 0.15) is 0 Å². The number of rotatable bonds is 4. The smallest absolute Gasteiger partial charge is 0.240 e. The molecule has 6 heteroatoms. The van der Waals surface area contributed by atoms with E-state index in [-0.39, 0.29) is 24.1 Å². The molecule has 0 spiro atoms. The molecule has 116 valence electrons. The summed E-state index contributed by atoms with van der Waals surface area (Å²) in [7, 11) is 3.28. The maximum Gasteiger partial charge on any atom is 0.240 e. The number of carbonyl (C=O) groups is 1. The fourth-order valence-corrected chi connectivity index (χ4v) is 2.50. The number of methoxy groups -OCH3 is 1. The van der Waals surface area contributed by atoms with Gasteiger partial charge in [0.2, 0.25) is 5.91 Å². The average molecular weight is 298 g/mol. The highest BCUT2D eigenvalue weighted by Gasteiger charge is 2.32. The zero-order chi connectivity index (χ0) is 15.6. The Labute approximate surface area is 123 Å². The third kappa shape index (κ3) is 3.39. The second kappa shape index (κ2) is 6.49. The van der Waals surface area contributed by atoms with E-state index < -0.39 is 11.6 Å². The van der Waals surface area contributed by atoms with E-state index in [1.807, 2.05) is 0 Å². The van der Waals surface area contributed by atoms with Gasteiger partial charge < -0.3 is 15.0 Å². The van der Waals surface area contributed by atoms with Crippen molar-refractivity contribution >= 4 is 5.91 Å². The summed E-state index contributed by atoms with van der Waals surface area (Å²) >= 11 is 0. The van der Waals surface area contributed by atoms with E-state index in [0.717, 1.165) is 12.1 Å². The number of nitrogens with one attached hydrogen (secondary N) is 1. The predicted octanol–water partition coefficient (Wildman–Crippen LogP) is 1.86. The van der Waals surface area contributed by atoms with E-state index in [0.29, 0.717) is 18.5 Å². The van der Waals surface area contributed by atoms with Gasteiger partial charge in [-0.15, -0.1) is 0 Å². The molecular formula is C15H20F2N2O2. The van der Waals surface area contributed by atoms with Crippen LogP contribution in [-0.4, -0.2) is 43.7 Å². The molecule has 1 aliphatic rings. The van der Waals surface area contributed by atoms with Gasteiger partial charge >= 0.3 is 0 Å². The Balaban J connectivity index is 2.06. The van der Waals surface area contributed by atoms with Gasteiger partial charge in [0.25, 0.3) is 0 Å². The molecule has 1 aromatic carbocycles. The lowest BCUT2D eigenvalue weighted by Crippen LogP contribution is -2.42. The van der Waals surface area contributed by atoms with E-state index in [1.54, 1.807) is 26.0 Å². The topological polar surface area (TPSA) is 41.6 Å². The van der Waals surface area contributed by atoms with Crippen molar-refractivity contribution < 1.29 is 18.3 Å². The van der Waals surface area contributed by atoms with Gasteiger partial charge in [-0.2, -0.15) is 0 Å². The van der Waals surface area contributed by atoms with Crippen LogP contribution in [0, 0.1) is 11.6 Å². The Bertz CT molecular complexity index is 524. The van der Waals surface area contributed by atoms with Crippen LogP contribution in [0.5, 0.6) is 0 Å². The van der Waals surface area contributed by atoms with E-state index in [4.69, 9.17) is 4.74 Å². The van der Waals surface area contributed by atoms with Gasteiger partial charge in [-0.1, -0.05) is 6.07 Å². The van der Waals surface area contributed by atoms with Crippen molar-refractivity contribution in [1.29, 1.82) is 0 Å². The highest BCUT2D eigenvalue weighted by Crippen LogP contribution is 2.23. The zero-order valence-electron chi connectivity index (χ0n) is 12.4. The summed E-state index contributed by atoms with van der Waals surface area (Å²) in [4.78, 5) is 14.0. The Morgan fingerprint density at radius 3 is 2.71 bits per heavy atom. The number of hydrogen-bond acceptors (Lipinski definition) is 3. The second-order valence-electron chi connectivity index (χ2n) is 5.35. The largest absolute Gasteiger partial charge is 0.380 e. The first kappa shape index (κ1) is 15.9. The van der Waals surface area contributed by atoms with Crippen LogP contribution in [-0.2, 0) is 9.53 Å². The van der Waals surface area contributed by atoms with Gasteiger partial charge in [0.05, 0.1) is 18.2 Å². The van der Waals surface area contributed by atoms with E-state index in [2.05, 4.69) is 5.32 Å². The standard InChI is InChI=1S/C15H20F2N2O2/c1-9(10-4-5-12(16)13(17)6-10)19(2)15(20)14-7-11(21-3)8-18-14/h4-6,9,11,14,18H,7-8H2,1-3H3. The number of likely N-dealkylation sites (N-methyl/N-ethyl adjacent to an activating group) is 1. The van der Waals surface area contributed by atoms with E-state index in [1.165, 1.54) is 6.07 Å². The molecule has 1 aliphatic heterocycles. The molecule has 4 nitrogen and oxygen atoms in total. The van der Waals surface area contributed by atoms with Crippen LogP contribution in [0.3, 0.4) is 0 Å². The van der Waals surface area contributed by atoms with Crippen LogP contribution in [0.15, 0.2) is 18.2 Å². The first-order chi connectivity index (χ1) is 9.93. The normalized spacial score (nSPS) is 23.1. The van der Waals surface area contributed by atoms with Crippen molar-refractivity contribution in [3.8, 4) is 0 Å². The van der Waals surface area contributed by atoms with Gasteiger partial charge in [0, 0.05) is 20.7 Å². The molecule has 1 amide bonds. The van der Waals surface area contributed by atoms with Crippen LogP contribution in [0.25, 0.3) is 0 Å². The Morgan fingerprint density at radius 2 is 2.14 bits per heavy atom. The zero-order valence-corrected chi connectivity index (χ0v) is 12.4. The Kier molecular flexibility index (Phi) is 4.90. The highest BCUT2D eigenvalue weighted by molar-refractivity contribution is 5.82. The summed E-state index contributed by atoms with van der Waals surface area (Å²) < 4.78 is 31.5. The number of carbonyl (C=O) groups excluding carboxylic acids is 1. The highest BCUT2D eigenvalue weighted by atomic mass is 19.2. The summed E-state index contributed by atoms with van der Waals surface area (Å²) in [5.74, 6) is -1.87. The molecule has 3 unspecified atom stereocenters. The number of nitrogens with zero attached hydrogens (tertiary/aromatic N) is 1. The van der Waals surface area contributed by atoms with Crippen molar-refractivity contribution in [2.24, 2.45) is 0 Å². The molecule has 2 rings (SSSR count). The average Bonchev–Trinajstić information content (AvgIpc) is 2.96. The molecule has 1 fully saturated rings. The van der Waals surface area contributed by atoms with Gasteiger partial charge in [0.15, 0.2) is 11.6 Å². The van der Waals surface area contributed by atoms with Crippen molar-refractivity contribution in [2.45, 2.75) is 31.5 Å². The molecule has 0 saturated carbocycles. The maximum absolute atomic E-state index is 13.3. The molecule has 1 heterocycles. The first-order valence-electron chi connectivity index (χ1n) is 6.91. The molecule has 0 bridgehead atoms. The molecule has 21 heavy (non-hydrogen) atoms. The minimum atomic E-state index is -0.904. The predicted molar refractivity (Wildman–Crippen MR) is 74.7 cm³/mol. The summed E-state index contributed by atoms with van der Waals surface area (Å²) in [5.41, 5.74) is 0.561. The molecule has 0 aliphatic carbocycles. The van der Waals surface area contributed by atoms with Crippen molar-refractivity contribution in [1.82, 2.24) is 10.2 Å². The van der Waals surface area contributed by atoms with Crippen LogP contribution in [0.1, 0.15) is 24.9 Å². The van der Waals surface area contributed by atoms with E-state index >= 15 is 0 Å². The number of halogens is 2. The van der Waals surface area contributed by atoms with Crippen molar-refractivity contribution in [3.05, 3.63) is 35.4 Å². The SMILES string of the molecule is COC1CNC(C(=O)N(C)C(C)c2ccc(F)c(F)c2)C1. The van der Waals surface area contributed by atoms with Gasteiger partial charge in [-0.3, -0.25) is 4.79 Å². The number of hydrogen-bond donors (Lipinski definition) is 1. The minimum Gasteiger partial charge on any atom is -0.380 e. The van der Waals surface area contributed by atoms with Gasteiger partial charge in [-0.05, 0) is 31.0 Å². The fourth-order valence-electron chi connectivity index (χ4n) is 2.50. The molecule has 0 aromatic heterocycles. The lowest BCUT2D eigenvalue weighted by molar-refractivity contribution is -0.133. The number of ether oxygens (including phenoxy) is 1. The number of benzene rings is 1. The van der Waals surface area contributed by atoms with Crippen molar-refractivity contribution in [3.63, 3.8) is 0 Å². The quantitative estimate of drug-likeness (QED) is 0.922. The Hall–Kier alpha value is -1.53. The van der Waals surface area contributed by atoms with E-state index in [9.17, 15) is 13.6 Å².